The van der Waals surface area contributed by atoms with Crippen LogP contribution < -0.4 is 60.9 Å². The van der Waals surface area contributed by atoms with Crippen LogP contribution in [-0.2, 0) is 59.0 Å². The number of unbranched alkanes of at least 4 members (excludes halogenated alkanes) is 5. The van der Waals surface area contributed by atoms with Crippen molar-refractivity contribution in [3.8, 4) is 80.1 Å². The van der Waals surface area contributed by atoms with E-state index in [1.54, 1.807) is 20.8 Å². The molecule has 0 aromatic heterocycles. The number of aliphatic hydroxyl groups excluding tert-OH is 8. The van der Waals surface area contributed by atoms with E-state index in [0.717, 1.165) is 116 Å². The van der Waals surface area contributed by atoms with Gasteiger partial charge in [0, 0.05) is 54.3 Å². The van der Waals surface area contributed by atoms with Crippen molar-refractivity contribution in [1.29, 1.82) is 0 Å². The number of phenolic OH excluding ortho intramolecular Hbond substituents is 4. The normalized spacial score (nSPS) is 25.9. The Morgan fingerprint density at radius 2 is 1.15 bits per heavy atom. The summed E-state index contributed by atoms with van der Waals surface area (Å²) >= 11 is 14.3. The van der Waals surface area contributed by atoms with Gasteiger partial charge >= 0.3 is 12.1 Å². The number of halogens is 2. The third kappa shape index (κ3) is 20.7. The maximum Gasteiger partial charge on any atom is 0.410 e. The van der Waals surface area contributed by atoms with Gasteiger partial charge in [-0.05, 0) is 134 Å². The zero-order chi connectivity index (χ0) is 92.3. The number of benzene rings is 7. The number of aliphatic carboxylic acids is 1. The second-order valence-corrected chi connectivity index (χ2v) is 34.1. The molecule has 0 unspecified atom stereocenters. The van der Waals surface area contributed by atoms with Crippen LogP contribution in [-0.4, -0.2) is 224 Å². The molecule has 8 heterocycles. The summed E-state index contributed by atoms with van der Waals surface area (Å²) in [6.45, 7) is 7.01. The molecule has 8 aliphatic heterocycles. The van der Waals surface area contributed by atoms with Gasteiger partial charge in [0.1, 0.15) is 137 Å². The number of nitrogens with one attached hydrogen (secondary N) is 7. The van der Waals surface area contributed by atoms with Gasteiger partial charge in [0.2, 0.25) is 59.7 Å². The number of carbonyl (C=O) groups is 9. The number of ether oxygens (including phenoxy) is 8. The van der Waals surface area contributed by atoms with Crippen LogP contribution in [0, 0.1) is 5.92 Å². The number of likely N-dealkylation sites (N-methyl/N-ethyl adjacent to an activating group) is 1. The smallest absolute Gasteiger partial charge is 0.410 e. The summed E-state index contributed by atoms with van der Waals surface area (Å²) in [6.07, 6.45) is -15.9. The fourth-order valence-electron chi connectivity index (χ4n) is 15.7. The lowest BCUT2D eigenvalue weighted by molar-refractivity contribution is -0.277. The number of hydrogen-bond acceptors (Lipinski definition) is 29. The zero-order valence-electron chi connectivity index (χ0n) is 69.7. The first kappa shape index (κ1) is 93.6. The Bertz CT molecular complexity index is 5390. The number of amides is 8. The van der Waals surface area contributed by atoms with Crippen LogP contribution in [0.4, 0.5) is 4.79 Å². The van der Waals surface area contributed by atoms with Crippen molar-refractivity contribution in [3.63, 3.8) is 0 Å². The molecule has 7 aromatic carbocycles. The minimum Gasteiger partial charge on any atom is -0.508 e. The Morgan fingerprint density at radius 3 is 1.82 bits per heavy atom. The number of nitrogens with zero attached hydrogens (tertiary/aromatic N) is 1. The van der Waals surface area contributed by atoms with Crippen LogP contribution in [0.15, 0.2) is 115 Å². The van der Waals surface area contributed by atoms with Crippen LogP contribution in [0.2, 0.25) is 10.0 Å². The topological polar surface area (TPSA) is 578 Å². The molecule has 38 nitrogen and oxygen atoms in total. The van der Waals surface area contributed by atoms with E-state index in [9.17, 15) is 80.8 Å². The number of fused-ring (bicyclic) bond motifs is 14. The van der Waals surface area contributed by atoms with Crippen molar-refractivity contribution < 1.29 is 147 Å². The van der Waals surface area contributed by atoms with Crippen molar-refractivity contribution in [2.75, 3.05) is 20.3 Å². The van der Waals surface area contributed by atoms with Crippen LogP contribution in [0.5, 0.6) is 69.0 Å². The quantitative estimate of drug-likeness (QED) is 0.0455. The van der Waals surface area contributed by atoms with Gasteiger partial charge in [-0.2, -0.15) is 0 Å². The highest BCUT2D eigenvalue weighted by Gasteiger charge is 2.50. The molecule has 7 aromatic rings. The average Bonchev–Trinajstić information content (AvgIpc) is 0.758. The van der Waals surface area contributed by atoms with E-state index in [-0.39, 0.29) is 28.9 Å². The highest BCUT2D eigenvalue weighted by atomic mass is 35.5. The van der Waals surface area contributed by atoms with Crippen LogP contribution >= 0.6 is 23.2 Å². The Labute approximate surface area is 740 Å². The summed E-state index contributed by atoms with van der Waals surface area (Å²) in [7, 11) is 1.22. The van der Waals surface area contributed by atoms with Crippen LogP contribution in [0.3, 0.4) is 0 Å². The number of rotatable bonds is 18. The van der Waals surface area contributed by atoms with Crippen LogP contribution in [0.25, 0.3) is 11.1 Å². The van der Waals surface area contributed by atoms with Crippen molar-refractivity contribution in [1.82, 2.24) is 42.1 Å². The van der Waals surface area contributed by atoms with Gasteiger partial charge in [-0.1, -0.05) is 106 Å². The molecule has 40 heteroatoms. The standard InChI is InChI=1S/C88H98Cl2N8O30/c1-37(2)13-11-9-7-8-10-12-14-61(105)92-69-74(109)72(107)59(35-99)125-85(69)127-77-57-29-42-30-58(77)123-54-24-19-41(27-49(54)89)71(106)68-82(116)96-67(84(118)119)47-31-43(101)32-56(124-86-76(111)75(110)73(108)60(36-100)126-86)62(47)46-26-39(17-22-51(46)102)64(79(113)97-68)93-80(114)65(42)94-81(115)66-48-33-45(34-53(104)63(48)90)122-55-28-40(18-23-52(55)103)70(98(6)87(120)128-88(3,4)5)83(117)91-50(78(112)95-66)25-38-15-20-44(121-57)21-16-38/h15-24,26-34,37,50,59-60,64-76,85-86,99-104,106-111H,7-14,25,35-36H2,1-6H3,(H,91,117)(H,92,105)(H,93,114)(H,94,115)(H,95,112)(H,96,116)(H,97,113)(H,118,119)/t50-,59-,60-,64-,65-,66+,67-,68+,69-,70+,71-,72-,73-,74-,75+,76+,85+,86+/m1/s1. The minimum absolute atomic E-state index is 0.0433. The van der Waals surface area contributed by atoms with E-state index >= 15 is 28.8 Å². The molecule has 0 saturated carbocycles. The number of aliphatic hydroxyl groups is 8. The SMILES string of the molecule is CC(C)CCCCCCCCC(=O)N[C@H]1[C@H](Oc2c3cc4cc2Oc2ccc(cc2Cl)[C@@H](O)[C@@H]2NC(=O)[C@H](NC(=O)[C@@H]4NC(=O)[C@H]4NC(=O)[C@@H](Cc5ccc(cc5)O3)NC(=O)[C@@H](N(C)C(=O)OC(C)(C)C)c3ccc(O)c(c3)Oc3cc(O)c(Cl)c4c3)c3ccc(O)c(c3)-c3c(O[C@H]4O[C@H](CO)[C@@H](O)[C@H](O)[C@@H]4O)cc(O)cc3[C@H](C(=O)O)NC2=O)O[C@H](CO)[C@@H](O)[C@@H]1O. The predicted molar refractivity (Wildman–Crippen MR) is 448 cm³/mol. The lowest BCUT2D eigenvalue weighted by atomic mass is 9.89. The largest absolute Gasteiger partial charge is 0.508 e. The van der Waals surface area contributed by atoms with Gasteiger partial charge in [0.25, 0.3) is 0 Å². The third-order valence-corrected chi connectivity index (χ3v) is 23.1. The second-order valence-electron chi connectivity index (χ2n) is 33.3. The number of hydrogen-bond donors (Lipinski definition) is 20. The molecule has 0 radical (unpaired) electrons. The molecule has 2 saturated heterocycles. The monoisotopic (exact) mass is 1820 g/mol. The lowest BCUT2D eigenvalue weighted by Crippen LogP contribution is -2.65. The molecule has 18 atom stereocenters. The number of carbonyl (C=O) groups excluding carboxylic acids is 8. The van der Waals surface area contributed by atoms with Gasteiger partial charge in [-0.15, -0.1) is 0 Å². The summed E-state index contributed by atoms with van der Waals surface area (Å²) < 4.78 is 50.3. The summed E-state index contributed by atoms with van der Waals surface area (Å²) in [4.78, 5) is 139. The van der Waals surface area contributed by atoms with Gasteiger partial charge in [-0.3, -0.25) is 38.5 Å². The summed E-state index contributed by atoms with van der Waals surface area (Å²) in [5, 5.41) is 166. The Balaban J connectivity index is 1.04. The van der Waals surface area contributed by atoms with E-state index in [2.05, 4.69) is 51.1 Å². The molecule has 15 rings (SSSR count). The average molecular weight is 1820 g/mol. The molecule has 128 heavy (non-hydrogen) atoms. The van der Waals surface area contributed by atoms with E-state index in [4.69, 9.17) is 61.1 Å². The number of carboxylic acid groups (broad SMARTS) is 1. The van der Waals surface area contributed by atoms with Crippen LogP contribution in [0.1, 0.15) is 161 Å². The first-order chi connectivity index (χ1) is 60.8. The van der Waals surface area contributed by atoms with Crippen molar-refractivity contribution in [2.45, 2.75) is 208 Å². The Morgan fingerprint density at radius 1 is 0.547 bits per heavy atom. The molecule has 684 valence electrons. The number of carboxylic acids is 1. The Kier molecular flexibility index (Phi) is 28.7. The maximum atomic E-state index is 16.8. The molecule has 0 aliphatic carbocycles. The predicted octanol–water partition coefficient (Wildman–Crippen LogP) is 5.74. The van der Waals surface area contributed by atoms with E-state index < -0.39 is 295 Å². The molecule has 20 N–H and O–H groups in total. The van der Waals surface area contributed by atoms with Gasteiger partial charge < -0.3 is 141 Å². The maximum absolute atomic E-state index is 16.8. The Hall–Kier alpha value is -12.1. The number of phenols is 4. The summed E-state index contributed by atoms with van der Waals surface area (Å²) in [6, 6.07) is 3.71. The summed E-state index contributed by atoms with van der Waals surface area (Å²) in [5.41, 5.74) is -4.71. The first-order valence-corrected chi connectivity index (χ1v) is 41.9. The van der Waals surface area contributed by atoms with Gasteiger partial charge in [0.15, 0.2) is 29.0 Å². The third-order valence-electron chi connectivity index (χ3n) is 22.4. The lowest BCUT2D eigenvalue weighted by Gasteiger charge is -2.42. The van der Waals surface area contributed by atoms with Crippen molar-refractivity contribution >= 4 is 76.6 Å². The molecule has 17 bridgehead atoms. The molecule has 0 spiro atoms. The summed E-state index contributed by atoms with van der Waals surface area (Å²) in [5.74, 6) is -17.5. The highest BCUT2D eigenvalue weighted by Crippen LogP contribution is 2.51. The molecular weight excluding hydrogens is 1720 g/mol. The molecular formula is C88H98Cl2N8O30. The molecule has 2 fully saturated rings. The molecule has 8 amide bonds. The van der Waals surface area contributed by atoms with E-state index in [1.165, 1.54) is 43.4 Å². The van der Waals surface area contributed by atoms with Crippen molar-refractivity contribution in [2.24, 2.45) is 5.92 Å². The highest BCUT2D eigenvalue weighted by molar-refractivity contribution is 6.33. The van der Waals surface area contributed by atoms with E-state index in [1.807, 2.05) is 0 Å². The van der Waals surface area contributed by atoms with Gasteiger partial charge in [0.05, 0.1) is 23.3 Å². The minimum atomic E-state index is -2.47. The second kappa shape index (κ2) is 39.3. The van der Waals surface area contributed by atoms with Gasteiger partial charge in [-0.25, -0.2) is 9.59 Å². The fourth-order valence-corrected chi connectivity index (χ4v) is 16.2. The van der Waals surface area contributed by atoms with Crippen molar-refractivity contribution in [3.05, 3.63) is 164 Å². The zero-order valence-corrected chi connectivity index (χ0v) is 71.2. The fraction of sp³-hybridized carbons (Fsp3) is 0.420. The van der Waals surface area contributed by atoms with E-state index in [0.29, 0.717) is 18.8 Å². The number of aromatic hydroxyl groups is 4. The first-order valence-electron chi connectivity index (χ1n) is 41.2. The molecule has 8 aliphatic rings.